The van der Waals surface area contributed by atoms with Gasteiger partial charge in [0, 0.05) is 6.92 Å². The first-order valence-electron chi connectivity index (χ1n) is 4.72. The third-order valence-electron chi connectivity index (χ3n) is 1.44. The predicted octanol–water partition coefficient (Wildman–Crippen LogP) is 2.85. The Kier molecular flexibility index (Phi) is 8.31. The monoisotopic (exact) mass is 182 g/mol. The summed E-state index contributed by atoms with van der Waals surface area (Å²) in [6.07, 6.45) is 11.2. The van der Waals surface area contributed by atoms with Crippen molar-refractivity contribution < 1.29 is 9.53 Å². The Morgan fingerprint density at radius 1 is 1.31 bits per heavy atom. The standard InChI is InChI=1S/C11H18O2/c1-3-4-5-6-7-8-9-10-13-11(2)12/h4-7H,3,8-10H2,1-2H3/b5-4+,7-6+. The number of esters is 1. The van der Waals surface area contributed by atoms with Gasteiger partial charge in [-0.15, -0.1) is 0 Å². The number of hydrogen-bond donors (Lipinski definition) is 0. The first-order chi connectivity index (χ1) is 6.27. The van der Waals surface area contributed by atoms with Crippen molar-refractivity contribution in [1.82, 2.24) is 0 Å². The van der Waals surface area contributed by atoms with Crippen LogP contribution in [0.1, 0.15) is 33.1 Å². The van der Waals surface area contributed by atoms with E-state index >= 15 is 0 Å². The maximum Gasteiger partial charge on any atom is 0.302 e. The fraction of sp³-hybridized carbons (Fsp3) is 0.545. The van der Waals surface area contributed by atoms with Gasteiger partial charge in [0.15, 0.2) is 0 Å². The van der Waals surface area contributed by atoms with Crippen molar-refractivity contribution in [3.05, 3.63) is 24.3 Å². The minimum absolute atomic E-state index is 0.199. The Labute approximate surface area is 80.3 Å². The third kappa shape index (κ3) is 10.9. The van der Waals surface area contributed by atoms with E-state index < -0.39 is 0 Å². The van der Waals surface area contributed by atoms with Crippen molar-refractivity contribution in [2.45, 2.75) is 33.1 Å². The second-order valence-electron chi connectivity index (χ2n) is 2.75. The van der Waals surface area contributed by atoms with E-state index in [2.05, 4.69) is 19.1 Å². The Hall–Kier alpha value is -1.05. The van der Waals surface area contributed by atoms with Gasteiger partial charge in [-0.1, -0.05) is 31.2 Å². The van der Waals surface area contributed by atoms with E-state index in [1.165, 1.54) is 6.92 Å². The molecule has 0 aliphatic heterocycles. The molecule has 0 aliphatic rings. The minimum atomic E-state index is -0.199. The lowest BCUT2D eigenvalue weighted by Crippen LogP contribution is -1.99. The molecule has 0 fully saturated rings. The zero-order chi connectivity index (χ0) is 9.94. The zero-order valence-corrected chi connectivity index (χ0v) is 8.45. The Bertz CT molecular complexity index is 181. The van der Waals surface area contributed by atoms with Crippen molar-refractivity contribution in [1.29, 1.82) is 0 Å². The van der Waals surface area contributed by atoms with Crippen molar-refractivity contribution in [3.8, 4) is 0 Å². The van der Waals surface area contributed by atoms with E-state index in [-0.39, 0.29) is 5.97 Å². The summed E-state index contributed by atoms with van der Waals surface area (Å²) < 4.78 is 4.78. The molecule has 0 spiro atoms. The van der Waals surface area contributed by atoms with E-state index in [0.29, 0.717) is 6.61 Å². The van der Waals surface area contributed by atoms with Gasteiger partial charge in [-0.05, 0) is 19.3 Å². The van der Waals surface area contributed by atoms with Crippen LogP contribution in [0.3, 0.4) is 0 Å². The van der Waals surface area contributed by atoms with Crippen LogP contribution in [0.25, 0.3) is 0 Å². The topological polar surface area (TPSA) is 26.3 Å². The molecule has 0 atom stereocenters. The van der Waals surface area contributed by atoms with Crippen molar-refractivity contribution in [2.75, 3.05) is 6.61 Å². The van der Waals surface area contributed by atoms with Crippen LogP contribution in [0.4, 0.5) is 0 Å². The number of allylic oxidation sites excluding steroid dienone is 4. The predicted molar refractivity (Wildman–Crippen MR) is 54.4 cm³/mol. The molecule has 0 aliphatic carbocycles. The van der Waals surface area contributed by atoms with Crippen LogP contribution in [0.15, 0.2) is 24.3 Å². The summed E-state index contributed by atoms with van der Waals surface area (Å²) in [7, 11) is 0. The van der Waals surface area contributed by atoms with Gasteiger partial charge >= 0.3 is 5.97 Å². The van der Waals surface area contributed by atoms with Gasteiger partial charge in [0.2, 0.25) is 0 Å². The Morgan fingerprint density at radius 2 is 2.00 bits per heavy atom. The number of hydrogen-bond acceptors (Lipinski definition) is 2. The molecule has 74 valence electrons. The lowest BCUT2D eigenvalue weighted by Gasteiger charge is -1.97. The molecule has 0 bridgehead atoms. The highest BCUT2D eigenvalue weighted by molar-refractivity contribution is 5.65. The highest BCUT2D eigenvalue weighted by Gasteiger charge is 1.89. The number of carbonyl (C=O) groups is 1. The van der Waals surface area contributed by atoms with Gasteiger partial charge in [0.05, 0.1) is 6.61 Å². The molecule has 0 N–H and O–H groups in total. The number of rotatable bonds is 6. The summed E-state index contributed by atoms with van der Waals surface area (Å²) in [5.41, 5.74) is 0. The average molecular weight is 182 g/mol. The molecule has 13 heavy (non-hydrogen) atoms. The van der Waals surface area contributed by atoms with Crippen LogP contribution in [-0.2, 0) is 9.53 Å². The maximum absolute atomic E-state index is 10.4. The first kappa shape index (κ1) is 11.9. The maximum atomic E-state index is 10.4. The molecule has 0 aromatic carbocycles. The van der Waals surface area contributed by atoms with Crippen molar-refractivity contribution in [2.24, 2.45) is 0 Å². The van der Waals surface area contributed by atoms with Crippen LogP contribution < -0.4 is 0 Å². The van der Waals surface area contributed by atoms with Crippen LogP contribution >= 0.6 is 0 Å². The molecule has 2 heteroatoms. The van der Waals surface area contributed by atoms with Gasteiger partial charge in [-0.3, -0.25) is 4.79 Å². The summed E-state index contributed by atoms with van der Waals surface area (Å²) in [6, 6.07) is 0. The summed E-state index contributed by atoms with van der Waals surface area (Å²) in [4.78, 5) is 10.4. The van der Waals surface area contributed by atoms with Crippen molar-refractivity contribution >= 4 is 5.97 Å². The summed E-state index contributed by atoms with van der Waals surface area (Å²) in [5, 5.41) is 0. The lowest BCUT2D eigenvalue weighted by molar-refractivity contribution is -0.141. The average Bonchev–Trinajstić information content (AvgIpc) is 2.09. The van der Waals surface area contributed by atoms with Crippen LogP contribution in [0, 0.1) is 0 Å². The number of unbranched alkanes of at least 4 members (excludes halogenated alkanes) is 1. The van der Waals surface area contributed by atoms with E-state index in [1.54, 1.807) is 0 Å². The molecule has 0 aromatic rings. The van der Waals surface area contributed by atoms with E-state index in [0.717, 1.165) is 19.3 Å². The largest absolute Gasteiger partial charge is 0.466 e. The Morgan fingerprint density at radius 3 is 2.62 bits per heavy atom. The van der Waals surface area contributed by atoms with Crippen LogP contribution in [0.2, 0.25) is 0 Å². The van der Waals surface area contributed by atoms with Gasteiger partial charge in [-0.2, -0.15) is 0 Å². The second kappa shape index (κ2) is 9.04. The minimum Gasteiger partial charge on any atom is -0.466 e. The van der Waals surface area contributed by atoms with Gasteiger partial charge in [-0.25, -0.2) is 0 Å². The number of ether oxygens (including phenoxy) is 1. The molecular weight excluding hydrogens is 164 g/mol. The van der Waals surface area contributed by atoms with Gasteiger partial charge in [0.25, 0.3) is 0 Å². The summed E-state index contributed by atoms with van der Waals surface area (Å²) >= 11 is 0. The van der Waals surface area contributed by atoms with E-state index in [1.807, 2.05) is 12.2 Å². The molecule has 0 heterocycles. The lowest BCUT2D eigenvalue weighted by atomic mass is 10.3. The quantitative estimate of drug-likeness (QED) is 0.358. The van der Waals surface area contributed by atoms with E-state index in [9.17, 15) is 4.79 Å². The molecule has 0 radical (unpaired) electrons. The molecule has 0 rings (SSSR count). The third-order valence-corrected chi connectivity index (χ3v) is 1.44. The summed E-state index contributed by atoms with van der Waals surface area (Å²) in [6.45, 7) is 4.06. The molecule has 0 saturated heterocycles. The highest BCUT2D eigenvalue weighted by Crippen LogP contribution is 1.93. The van der Waals surface area contributed by atoms with Gasteiger partial charge < -0.3 is 4.74 Å². The highest BCUT2D eigenvalue weighted by atomic mass is 16.5. The van der Waals surface area contributed by atoms with Crippen LogP contribution in [0.5, 0.6) is 0 Å². The van der Waals surface area contributed by atoms with Gasteiger partial charge in [0.1, 0.15) is 0 Å². The number of carbonyl (C=O) groups excluding carboxylic acids is 1. The Balaban J connectivity index is 3.20. The molecule has 0 aromatic heterocycles. The summed E-state index contributed by atoms with van der Waals surface area (Å²) in [5.74, 6) is -0.199. The van der Waals surface area contributed by atoms with Crippen LogP contribution in [-0.4, -0.2) is 12.6 Å². The smallest absolute Gasteiger partial charge is 0.302 e. The fourth-order valence-corrected chi connectivity index (χ4v) is 0.807. The molecule has 0 unspecified atom stereocenters. The normalized spacial score (nSPS) is 11.2. The van der Waals surface area contributed by atoms with Crippen molar-refractivity contribution in [3.63, 3.8) is 0 Å². The first-order valence-corrected chi connectivity index (χ1v) is 4.72. The van der Waals surface area contributed by atoms with E-state index in [4.69, 9.17) is 4.74 Å². The fourth-order valence-electron chi connectivity index (χ4n) is 0.807. The molecular formula is C11H18O2. The SMILES string of the molecule is CC/C=C/C=C/CCCOC(C)=O. The molecule has 0 saturated carbocycles. The molecule has 0 amide bonds. The second-order valence-corrected chi connectivity index (χ2v) is 2.75. The zero-order valence-electron chi connectivity index (χ0n) is 8.45. The molecule has 2 nitrogen and oxygen atoms in total.